The summed E-state index contributed by atoms with van der Waals surface area (Å²) < 4.78 is 47.4. The van der Waals surface area contributed by atoms with E-state index in [0.29, 0.717) is 23.1 Å². The molecule has 0 aromatic heterocycles. The number of carboxylic acids is 1. The number of sulfonamides is 1. The van der Waals surface area contributed by atoms with E-state index in [9.17, 15) is 22.7 Å². The van der Waals surface area contributed by atoms with Crippen molar-refractivity contribution in [3.05, 3.63) is 66.0 Å². The van der Waals surface area contributed by atoms with Gasteiger partial charge < -0.3 is 9.84 Å². The van der Waals surface area contributed by atoms with Gasteiger partial charge in [0.1, 0.15) is 17.1 Å². The summed E-state index contributed by atoms with van der Waals surface area (Å²) in [4.78, 5) is 11.2. The van der Waals surface area contributed by atoms with Gasteiger partial charge in [0.2, 0.25) is 0 Å². The number of carboxylic acid groups (broad SMARTS) is 1. The summed E-state index contributed by atoms with van der Waals surface area (Å²) in [5.41, 5.74) is -1.09. The predicted molar refractivity (Wildman–Crippen MR) is 99.3 cm³/mol. The smallest absolute Gasteiger partial charge is 0.340 e. The minimum atomic E-state index is -4.18. The lowest BCUT2D eigenvalue weighted by Crippen LogP contribution is -2.17. The third kappa shape index (κ3) is 3.56. The SMILES string of the molecule is CCOc1ccc(S(=O)(=O)Nc2cccc(F)c2C(=O)O)c2ccccc12. The van der Waals surface area contributed by atoms with Crippen LogP contribution < -0.4 is 9.46 Å². The molecule has 0 aliphatic heterocycles. The van der Waals surface area contributed by atoms with Crippen molar-refractivity contribution in [1.29, 1.82) is 0 Å². The lowest BCUT2D eigenvalue weighted by atomic mass is 10.1. The van der Waals surface area contributed by atoms with Crippen molar-refractivity contribution in [3.8, 4) is 5.75 Å². The first-order valence-corrected chi connectivity index (χ1v) is 9.52. The van der Waals surface area contributed by atoms with Gasteiger partial charge in [-0.25, -0.2) is 17.6 Å². The highest BCUT2D eigenvalue weighted by Crippen LogP contribution is 2.32. The summed E-state index contributed by atoms with van der Waals surface area (Å²) >= 11 is 0. The summed E-state index contributed by atoms with van der Waals surface area (Å²) in [5, 5.41) is 10.2. The molecule has 2 N–H and O–H groups in total. The van der Waals surface area contributed by atoms with Crippen molar-refractivity contribution in [3.63, 3.8) is 0 Å². The molecule has 0 saturated carbocycles. The topological polar surface area (TPSA) is 92.7 Å². The first-order valence-electron chi connectivity index (χ1n) is 8.04. The number of benzene rings is 3. The number of rotatable bonds is 6. The van der Waals surface area contributed by atoms with Gasteiger partial charge in [-0.05, 0) is 31.2 Å². The van der Waals surface area contributed by atoms with E-state index >= 15 is 0 Å². The van der Waals surface area contributed by atoms with Crippen LogP contribution in [-0.2, 0) is 10.0 Å². The van der Waals surface area contributed by atoms with Gasteiger partial charge in [-0.1, -0.05) is 30.3 Å². The van der Waals surface area contributed by atoms with Gasteiger partial charge in [0.25, 0.3) is 10.0 Å². The van der Waals surface area contributed by atoms with E-state index in [1.165, 1.54) is 24.3 Å². The largest absolute Gasteiger partial charge is 0.493 e. The quantitative estimate of drug-likeness (QED) is 0.667. The maximum atomic E-state index is 13.8. The normalized spacial score (nSPS) is 11.3. The Bertz CT molecular complexity index is 1130. The maximum absolute atomic E-state index is 13.8. The predicted octanol–water partition coefficient (Wildman–Crippen LogP) is 3.88. The Hall–Kier alpha value is -3.13. The van der Waals surface area contributed by atoms with Crippen molar-refractivity contribution in [1.82, 2.24) is 0 Å². The van der Waals surface area contributed by atoms with E-state index in [2.05, 4.69) is 4.72 Å². The number of nitrogens with one attached hydrogen (secondary N) is 1. The van der Waals surface area contributed by atoms with E-state index in [-0.39, 0.29) is 10.6 Å². The molecule has 0 aliphatic rings. The number of hydrogen-bond donors (Lipinski definition) is 2. The van der Waals surface area contributed by atoms with Gasteiger partial charge in [-0.15, -0.1) is 0 Å². The first-order chi connectivity index (χ1) is 12.8. The van der Waals surface area contributed by atoms with Crippen LogP contribution in [0.2, 0.25) is 0 Å². The van der Waals surface area contributed by atoms with Crippen LogP contribution in [0.3, 0.4) is 0 Å². The molecule has 3 aromatic carbocycles. The molecule has 27 heavy (non-hydrogen) atoms. The Morgan fingerprint density at radius 1 is 1.07 bits per heavy atom. The minimum absolute atomic E-state index is 0.0675. The van der Waals surface area contributed by atoms with Crippen LogP contribution in [0.4, 0.5) is 10.1 Å². The zero-order chi connectivity index (χ0) is 19.6. The number of anilines is 1. The third-order valence-corrected chi connectivity index (χ3v) is 5.33. The average molecular weight is 389 g/mol. The first kappa shape index (κ1) is 18.7. The van der Waals surface area contributed by atoms with Gasteiger partial charge in [0.15, 0.2) is 0 Å². The number of carbonyl (C=O) groups is 1. The molecule has 0 fully saturated rings. The maximum Gasteiger partial charge on any atom is 0.340 e. The average Bonchev–Trinajstić information content (AvgIpc) is 2.61. The summed E-state index contributed by atoms with van der Waals surface area (Å²) in [6.45, 7) is 2.23. The van der Waals surface area contributed by atoms with Crippen LogP contribution >= 0.6 is 0 Å². The molecular formula is C19H16FNO5S. The molecule has 0 atom stereocenters. The Kier molecular flexibility index (Phi) is 5.00. The molecule has 0 heterocycles. The molecule has 0 saturated heterocycles. The Morgan fingerprint density at radius 2 is 1.78 bits per heavy atom. The molecule has 140 valence electrons. The number of aromatic carboxylic acids is 1. The highest BCUT2D eigenvalue weighted by atomic mass is 32.2. The Balaban J connectivity index is 2.14. The summed E-state index contributed by atoms with van der Waals surface area (Å²) in [5.74, 6) is -2.06. The molecule has 0 radical (unpaired) electrons. The van der Waals surface area contributed by atoms with Crippen LogP contribution in [0.5, 0.6) is 5.75 Å². The van der Waals surface area contributed by atoms with Crippen molar-refractivity contribution in [2.24, 2.45) is 0 Å². The Labute approximate surface area is 155 Å². The fourth-order valence-corrected chi connectivity index (χ4v) is 4.07. The van der Waals surface area contributed by atoms with Gasteiger partial charge in [0.05, 0.1) is 17.2 Å². The van der Waals surface area contributed by atoms with Gasteiger partial charge in [0, 0.05) is 10.8 Å². The second-order valence-corrected chi connectivity index (χ2v) is 7.26. The molecule has 0 unspecified atom stereocenters. The molecule has 0 spiro atoms. The minimum Gasteiger partial charge on any atom is -0.493 e. The van der Waals surface area contributed by atoms with E-state index in [1.54, 1.807) is 24.3 Å². The van der Waals surface area contributed by atoms with Gasteiger partial charge in [-0.3, -0.25) is 4.72 Å². The highest BCUT2D eigenvalue weighted by molar-refractivity contribution is 7.93. The van der Waals surface area contributed by atoms with Crippen LogP contribution in [0.15, 0.2) is 59.5 Å². The zero-order valence-corrected chi connectivity index (χ0v) is 15.1. The fourth-order valence-electron chi connectivity index (χ4n) is 2.79. The molecule has 8 heteroatoms. The monoisotopic (exact) mass is 389 g/mol. The van der Waals surface area contributed by atoms with Crippen LogP contribution in [0.1, 0.15) is 17.3 Å². The lowest BCUT2D eigenvalue weighted by Gasteiger charge is -2.14. The van der Waals surface area contributed by atoms with Crippen LogP contribution in [-0.4, -0.2) is 26.1 Å². The van der Waals surface area contributed by atoms with Gasteiger partial charge >= 0.3 is 5.97 Å². The van der Waals surface area contributed by atoms with Crippen molar-refractivity contribution >= 4 is 32.5 Å². The van der Waals surface area contributed by atoms with E-state index in [0.717, 1.165) is 6.07 Å². The standard InChI is InChI=1S/C19H16FNO5S/c1-2-26-16-10-11-17(13-7-4-3-6-12(13)16)27(24,25)21-15-9-5-8-14(20)18(15)19(22)23/h3-11,21H,2H2,1H3,(H,22,23). The fraction of sp³-hybridized carbons (Fsp3) is 0.105. The third-order valence-electron chi connectivity index (χ3n) is 3.91. The van der Waals surface area contributed by atoms with E-state index in [1.807, 2.05) is 6.92 Å². The number of fused-ring (bicyclic) bond motifs is 1. The highest BCUT2D eigenvalue weighted by Gasteiger charge is 2.23. The van der Waals surface area contributed by atoms with Crippen molar-refractivity contribution in [2.45, 2.75) is 11.8 Å². The molecule has 0 bridgehead atoms. The number of halogens is 1. The second-order valence-electron chi connectivity index (χ2n) is 5.61. The summed E-state index contributed by atoms with van der Waals surface area (Å²) in [6.07, 6.45) is 0. The van der Waals surface area contributed by atoms with E-state index < -0.39 is 27.4 Å². The molecule has 3 rings (SSSR count). The second kappa shape index (κ2) is 7.24. The van der Waals surface area contributed by atoms with Gasteiger partial charge in [-0.2, -0.15) is 0 Å². The van der Waals surface area contributed by atoms with Crippen molar-refractivity contribution < 1.29 is 27.4 Å². The molecule has 0 aliphatic carbocycles. The molecule has 0 amide bonds. The van der Waals surface area contributed by atoms with E-state index in [4.69, 9.17) is 4.74 Å². The number of ether oxygens (including phenoxy) is 1. The molecule has 3 aromatic rings. The van der Waals surface area contributed by atoms with Crippen LogP contribution in [0.25, 0.3) is 10.8 Å². The Morgan fingerprint density at radius 3 is 2.44 bits per heavy atom. The lowest BCUT2D eigenvalue weighted by molar-refractivity contribution is 0.0693. The summed E-state index contributed by atoms with van der Waals surface area (Å²) in [7, 11) is -4.18. The molecular weight excluding hydrogens is 373 g/mol. The van der Waals surface area contributed by atoms with Crippen LogP contribution in [0, 0.1) is 5.82 Å². The number of hydrogen-bond acceptors (Lipinski definition) is 4. The summed E-state index contributed by atoms with van der Waals surface area (Å²) in [6, 6.07) is 13.1. The zero-order valence-electron chi connectivity index (χ0n) is 14.3. The molecule has 6 nitrogen and oxygen atoms in total. The van der Waals surface area contributed by atoms with Crippen molar-refractivity contribution in [2.75, 3.05) is 11.3 Å².